The van der Waals surface area contributed by atoms with Gasteiger partial charge in [0.2, 0.25) is 0 Å². The van der Waals surface area contributed by atoms with E-state index >= 15 is 0 Å². The zero-order chi connectivity index (χ0) is 29.8. The van der Waals surface area contributed by atoms with Gasteiger partial charge in [-0.05, 0) is 108 Å². The Morgan fingerprint density at radius 1 is 0.762 bits per heavy atom. The number of benzene rings is 4. The lowest BCUT2D eigenvalue weighted by Crippen LogP contribution is -2.56. The molecule has 9 heteroatoms. The first-order chi connectivity index (χ1) is 19.9. The fourth-order valence-electron chi connectivity index (χ4n) is 6.05. The smallest absolute Gasteiger partial charge is 0.109 e. The summed E-state index contributed by atoms with van der Waals surface area (Å²) in [7, 11) is 0. The number of piperidine rings is 1. The average Bonchev–Trinajstić information content (AvgIpc) is 2.91. The van der Waals surface area contributed by atoms with Gasteiger partial charge in [0.25, 0.3) is 0 Å². The van der Waals surface area contributed by atoms with Crippen molar-refractivity contribution in [3.8, 4) is 17.1 Å². The van der Waals surface area contributed by atoms with E-state index < -0.39 is 0 Å². The normalized spacial score (nSPS) is 16.8. The predicted octanol–water partition coefficient (Wildman–Crippen LogP) is 10.3. The van der Waals surface area contributed by atoms with Gasteiger partial charge in [-0.15, -0.1) is 0 Å². The molecule has 0 radical (unpaired) electrons. The van der Waals surface area contributed by atoms with E-state index in [9.17, 15) is 0 Å². The zero-order valence-electron chi connectivity index (χ0n) is 23.9. The summed E-state index contributed by atoms with van der Waals surface area (Å²) in [4.78, 5) is 5.06. The summed E-state index contributed by atoms with van der Waals surface area (Å²) in [6.07, 6.45) is 3.25. The Kier molecular flexibility index (Phi) is 7.59. The molecule has 0 spiro atoms. The van der Waals surface area contributed by atoms with Crippen LogP contribution in [0.4, 0.5) is 11.4 Å². The molecule has 3 aliphatic rings. The molecular formula is C33H31Cl4N5. The zero-order valence-corrected chi connectivity index (χ0v) is 26.9. The van der Waals surface area contributed by atoms with Crippen LogP contribution >= 0.6 is 46.4 Å². The summed E-state index contributed by atoms with van der Waals surface area (Å²) in [6, 6.07) is 23.1. The third-order valence-corrected chi connectivity index (χ3v) is 9.07. The highest BCUT2D eigenvalue weighted by Gasteiger charge is 2.40. The van der Waals surface area contributed by atoms with Crippen molar-refractivity contribution in [2.45, 2.75) is 58.0 Å². The van der Waals surface area contributed by atoms with Crippen molar-refractivity contribution in [1.82, 2.24) is 14.6 Å². The maximum absolute atomic E-state index is 6.81. The largest absolute Gasteiger partial charge is 0.352 e. The van der Waals surface area contributed by atoms with E-state index in [2.05, 4.69) is 48.7 Å². The molecule has 0 amide bonds. The van der Waals surface area contributed by atoms with Crippen LogP contribution in [-0.4, -0.2) is 25.6 Å². The van der Waals surface area contributed by atoms with E-state index in [1.165, 1.54) is 0 Å². The number of rotatable bonds is 4. The van der Waals surface area contributed by atoms with E-state index in [1.54, 1.807) is 12.1 Å². The summed E-state index contributed by atoms with van der Waals surface area (Å²) in [5, 5.41) is 14.1. The van der Waals surface area contributed by atoms with Crippen molar-refractivity contribution in [1.29, 1.82) is 0 Å². The minimum atomic E-state index is -0.136. The molecule has 1 N–H and O–H groups in total. The minimum absolute atomic E-state index is 0.136. The number of hydrogen-bond donors (Lipinski definition) is 1. The third-order valence-electron chi connectivity index (χ3n) is 7.98. The monoisotopic (exact) mass is 637 g/mol. The second-order valence-corrected chi connectivity index (χ2v) is 13.7. The molecule has 2 heterocycles. The number of anilines is 2. The molecule has 0 aromatic heterocycles. The average molecular weight is 639 g/mol. The number of hydrogen-bond acceptors (Lipinski definition) is 4. The Morgan fingerprint density at radius 3 is 2.12 bits per heavy atom. The molecule has 0 saturated carbocycles. The number of aromatic nitrogens is 2. The second kappa shape index (κ2) is 10.9. The number of nitrogens with one attached hydrogen (secondary N) is 1. The quantitative estimate of drug-likeness (QED) is 0.199. The van der Waals surface area contributed by atoms with Gasteiger partial charge in [-0.2, -0.15) is 5.10 Å². The van der Waals surface area contributed by atoms with E-state index in [4.69, 9.17) is 56.5 Å². The van der Waals surface area contributed by atoms with Gasteiger partial charge < -0.3 is 9.88 Å². The summed E-state index contributed by atoms with van der Waals surface area (Å²) >= 11 is 25.9. The van der Waals surface area contributed by atoms with E-state index in [1.807, 2.05) is 54.6 Å². The summed E-state index contributed by atoms with van der Waals surface area (Å²) < 4.78 is 2.13. The standard InChI is InChI=1S/C33H31Cl4N5/c1-32(2)14-7-15-33(3,4)42(32)40-27-19-31-28(18-26(27)38-24-12-10-20(34)16-22(24)36)39-25-8-5-6-9-30(25)41(31)29-13-11-21(35)17-23(29)37/h5-6,8-13,16-19,38H,7,14-15H2,1-4H3. The van der Waals surface area contributed by atoms with Crippen LogP contribution in [0.1, 0.15) is 47.0 Å². The van der Waals surface area contributed by atoms with Gasteiger partial charge in [0, 0.05) is 10.0 Å². The van der Waals surface area contributed by atoms with Crippen molar-refractivity contribution in [3.63, 3.8) is 0 Å². The SMILES string of the molecule is CC1(C)CCCC(C)(C)N1N=c1cc2n(-c3ccc(Cl)cc3Cl)c3ccccc3nc-2cc1Nc1ccc(Cl)cc1Cl. The minimum Gasteiger partial charge on any atom is -0.352 e. The van der Waals surface area contributed by atoms with E-state index in [0.29, 0.717) is 20.1 Å². The highest BCUT2D eigenvalue weighted by Crippen LogP contribution is 2.39. The topological polar surface area (TPSA) is 45.5 Å². The van der Waals surface area contributed by atoms with Gasteiger partial charge in [-0.1, -0.05) is 58.5 Å². The van der Waals surface area contributed by atoms with Crippen LogP contribution in [0.3, 0.4) is 0 Å². The summed E-state index contributed by atoms with van der Waals surface area (Å²) in [5.74, 6) is 0. The highest BCUT2D eigenvalue weighted by molar-refractivity contribution is 6.36. The van der Waals surface area contributed by atoms with Crippen LogP contribution in [0.15, 0.2) is 77.9 Å². The predicted molar refractivity (Wildman–Crippen MR) is 177 cm³/mol. The summed E-state index contributed by atoms with van der Waals surface area (Å²) in [6.45, 7) is 9.02. The molecule has 0 unspecified atom stereocenters. The molecule has 2 aliphatic heterocycles. The molecular weight excluding hydrogens is 608 g/mol. The number of halogens is 4. The van der Waals surface area contributed by atoms with E-state index in [-0.39, 0.29) is 11.1 Å². The van der Waals surface area contributed by atoms with Gasteiger partial charge in [0.15, 0.2) is 0 Å². The number of para-hydroxylation sites is 2. The first-order valence-corrected chi connectivity index (χ1v) is 15.4. The van der Waals surface area contributed by atoms with Gasteiger partial charge in [0.1, 0.15) is 5.36 Å². The van der Waals surface area contributed by atoms with Gasteiger partial charge in [0.05, 0.1) is 60.6 Å². The fraction of sp³-hybridized carbons (Fsp3) is 0.273. The molecule has 1 fully saturated rings. The first-order valence-electron chi connectivity index (χ1n) is 13.9. The molecule has 3 aromatic carbocycles. The molecule has 1 saturated heterocycles. The Morgan fingerprint density at radius 2 is 1.43 bits per heavy atom. The number of nitrogens with zero attached hydrogens (tertiary/aromatic N) is 4. The molecule has 1 aliphatic carbocycles. The fourth-order valence-corrected chi connectivity index (χ4v) is 6.99. The molecule has 216 valence electrons. The highest BCUT2D eigenvalue weighted by atomic mass is 35.5. The Labute approximate surface area is 266 Å². The lowest BCUT2D eigenvalue weighted by Gasteiger charge is -2.51. The van der Waals surface area contributed by atoms with Crippen LogP contribution in [-0.2, 0) is 0 Å². The Bertz CT molecular complexity index is 1840. The van der Waals surface area contributed by atoms with Gasteiger partial charge >= 0.3 is 0 Å². The number of fused-ring (bicyclic) bond motifs is 2. The molecule has 5 nitrogen and oxygen atoms in total. The third kappa shape index (κ3) is 5.44. The first kappa shape index (κ1) is 29.1. The van der Waals surface area contributed by atoms with Crippen LogP contribution in [0.2, 0.25) is 20.1 Å². The summed E-state index contributed by atoms with van der Waals surface area (Å²) in [5.41, 5.74) is 5.40. The lowest BCUT2D eigenvalue weighted by atomic mass is 9.82. The lowest BCUT2D eigenvalue weighted by molar-refractivity contribution is -0.0287. The molecule has 0 atom stereocenters. The van der Waals surface area contributed by atoms with Crippen LogP contribution < -0.4 is 10.7 Å². The Balaban J connectivity index is 1.69. The molecule has 0 bridgehead atoms. The Hall–Kier alpha value is -2.96. The van der Waals surface area contributed by atoms with Crippen LogP contribution in [0.5, 0.6) is 0 Å². The van der Waals surface area contributed by atoms with Crippen molar-refractivity contribution in [2.24, 2.45) is 5.10 Å². The van der Waals surface area contributed by atoms with Crippen molar-refractivity contribution < 1.29 is 0 Å². The second-order valence-electron chi connectivity index (χ2n) is 12.0. The molecule has 3 aromatic rings. The molecule has 42 heavy (non-hydrogen) atoms. The van der Waals surface area contributed by atoms with E-state index in [0.717, 1.165) is 64.1 Å². The van der Waals surface area contributed by atoms with Crippen LogP contribution in [0.25, 0.3) is 28.1 Å². The van der Waals surface area contributed by atoms with Gasteiger partial charge in [-0.25, -0.2) is 4.98 Å². The van der Waals surface area contributed by atoms with Crippen molar-refractivity contribution in [2.75, 3.05) is 5.32 Å². The van der Waals surface area contributed by atoms with Gasteiger partial charge in [-0.3, -0.25) is 5.01 Å². The molecule has 6 rings (SSSR count). The maximum atomic E-state index is 6.81. The maximum Gasteiger partial charge on any atom is 0.109 e. The van der Waals surface area contributed by atoms with Crippen molar-refractivity contribution in [3.05, 3.63) is 98.2 Å². The van der Waals surface area contributed by atoms with Crippen LogP contribution in [0, 0.1) is 0 Å². The van der Waals surface area contributed by atoms with Crippen molar-refractivity contribution >= 4 is 68.8 Å².